The molecule has 0 spiro atoms. The average molecular weight is 343 g/mol. The Morgan fingerprint density at radius 1 is 1.39 bits per heavy atom. The van der Waals surface area contributed by atoms with Gasteiger partial charge in [-0.3, -0.25) is 15.1 Å². The van der Waals surface area contributed by atoms with Crippen molar-refractivity contribution in [2.24, 2.45) is 16.6 Å². The summed E-state index contributed by atoms with van der Waals surface area (Å²) in [5, 5.41) is 13.5. The summed E-state index contributed by atoms with van der Waals surface area (Å²) in [4.78, 5) is 14.0. The zero-order chi connectivity index (χ0) is 17.5. The molecule has 0 heterocycles. The van der Waals surface area contributed by atoms with Crippen LogP contribution < -0.4 is 15.8 Å². The first kappa shape index (κ1) is 18.8. The Morgan fingerprint density at radius 3 is 2.70 bits per heavy atom. The van der Waals surface area contributed by atoms with Crippen LogP contribution in [-0.4, -0.2) is 38.9 Å². The molecule has 0 unspecified atom stereocenters. The van der Waals surface area contributed by atoms with E-state index in [2.05, 4.69) is 15.0 Å². The number of nitrogens with zero attached hydrogens (tertiary/aromatic N) is 2. The summed E-state index contributed by atoms with van der Waals surface area (Å²) >= 11 is 0. The molecule has 0 aliphatic heterocycles. The molecule has 23 heavy (non-hydrogen) atoms. The van der Waals surface area contributed by atoms with Crippen molar-refractivity contribution in [2.45, 2.75) is 18.7 Å². The molecule has 0 aliphatic carbocycles. The van der Waals surface area contributed by atoms with Crippen molar-refractivity contribution in [3.63, 3.8) is 0 Å². The summed E-state index contributed by atoms with van der Waals surface area (Å²) in [5.41, 5.74) is 5.34. The maximum atomic E-state index is 12.0. The first-order valence-corrected chi connectivity index (χ1v) is 8.48. The quantitative estimate of drug-likeness (QED) is 0.206. The molecule has 0 amide bonds. The Balaban J connectivity index is 2.55. The van der Waals surface area contributed by atoms with E-state index in [0.717, 1.165) is 6.07 Å². The number of hydrogen-bond acceptors (Lipinski definition) is 5. The Bertz CT molecular complexity index is 673. The number of hydrogen-bond donors (Lipinski definition) is 3. The Hall–Kier alpha value is -2.20. The predicted octanol–water partition coefficient (Wildman–Crippen LogP) is 0.433. The SMILES string of the molecule is CC(C)CN=C(N)NCCNS(=O)(=O)c1cccc([N+](=O)[O-])c1. The fourth-order valence-corrected chi connectivity index (χ4v) is 2.63. The summed E-state index contributed by atoms with van der Waals surface area (Å²) in [6, 6.07) is 4.85. The lowest BCUT2D eigenvalue weighted by Gasteiger charge is -2.09. The molecule has 9 nitrogen and oxygen atoms in total. The largest absolute Gasteiger partial charge is 0.370 e. The van der Waals surface area contributed by atoms with E-state index in [0.29, 0.717) is 12.5 Å². The van der Waals surface area contributed by atoms with Gasteiger partial charge >= 0.3 is 0 Å². The van der Waals surface area contributed by atoms with Crippen LogP contribution in [0, 0.1) is 16.0 Å². The van der Waals surface area contributed by atoms with E-state index in [1.165, 1.54) is 18.2 Å². The Kier molecular flexibility index (Phi) is 6.91. The number of non-ortho nitro benzene ring substituents is 1. The minimum Gasteiger partial charge on any atom is -0.370 e. The number of guanidine groups is 1. The van der Waals surface area contributed by atoms with Crippen molar-refractivity contribution in [3.05, 3.63) is 34.4 Å². The molecule has 10 heteroatoms. The van der Waals surface area contributed by atoms with E-state index < -0.39 is 14.9 Å². The molecule has 0 saturated carbocycles. The second kappa shape index (κ2) is 8.44. The van der Waals surface area contributed by atoms with Crippen molar-refractivity contribution in [3.8, 4) is 0 Å². The number of rotatable bonds is 8. The highest BCUT2D eigenvalue weighted by atomic mass is 32.2. The zero-order valence-corrected chi connectivity index (χ0v) is 13.8. The topological polar surface area (TPSA) is 140 Å². The van der Waals surface area contributed by atoms with Crippen LogP contribution in [0.1, 0.15) is 13.8 Å². The third kappa shape index (κ3) is 6.61. The molecule has 0 fully saturated rings. The second-order valence-corrected chi connectivity index (χ2v) is 6.97. The smallest absolute Gasteiger partial charge is 0.270 e. The van der Waals surface area contributed by atoms with Crippen molar-refractivity contribution in [1.29, 1.82) is 0 Å². The van der Waals surface area contributed by atoms with Crippen LogP contribution in [0.5, 0.6) is 0 Å². The van der Waals surface area contributed by atoms with E-state index in [1.54, 1.807) is 0 Å². The van der Waals surface area contributed by atoms with Crippen LogP contribution in [0.25, 0.3) is 0 Å². The van der Waals surface area contributed by atoms with Crippen molar-refractivity contribution < 1.29 is 13.3 Å². The number of sulfonamides is 1. The Labute approximate surface area is 135 Å². The second-order valence-electron chi connectivity index (χ2n) is 5.20. The summed E-state index contributed by atoms with van der Waals surface area (Å²) in [5.74, 6) is 0.621. The summed E-state index contributed by atoms with van der Waals surface area (Å²) < 4.78 is 26.4. The van der Waals surface area contributed by atoms with Gasteiger partial charge in [0.15, 0.2) is 5.96 Å². The van der Waals surface area contributed by atoms with Gasteiger partial charge in [0.05, 0.1) is 9.82 Å². The molecule has 0 aromatic heterocycles. The number of aliphatic imine (C=N–C) groups is 1. The Morgan fingerprint density at radius 2 is 2.09 bits per heavy atom. The zero-order valence-electron chi connectivity index (χ0n) is 13.0. The van der Waals surface area contributed by atoms with E-state index in [4.69, 9.17) is 5.73 Å². The monoisotopic (exact) mass is 343 g/mol. The van der Waals surface area contributed by atoms with E-state index in [1.807, 2.05) is 13.8 Å². The highest BCUT2D eigenvalue weighted by Crippen LogP contribution is 2.16. The maximum Gasteiger partial charge on any atom is 0.270 e. The van der Waals surface area contributed by atoms with Crippen molar-refractivity contribution >= 4 is 21.7 Å². The van der Waals surface area contributed by atoms with Crippen LogP contribution in [0.4, 0.5) is 5.69 Å². The van der Waals surface area contributed by atoms with Crippen LogP contribution >= 0.6 is 0 Å². The third-order valence-electron chi connectivity index (χ3n) is 2.69. The molecule has 0 bridgehead atoms. The minimum atomic E-state index is -3.82. The van der Waals surface area contributed by atoms with E-state index >= 15 is 0 Å². The number of benzene rings is 1. The highest BCUT2D eigenvalue weighted by Gasteiger charge is 2.16. The summed E-state index contributed by atoms with van der Waals surface area (Å²) in [6.45, 7) is 4.91. The van der Waals surface area contributed by atoms with Gasteiger partial charge in [-0.1, -0.05) is 19.9 Å². The van der Waals surface area contributed by atoms with Crippen molar-refractivity contribution in [1.82, 2.24) is 10.0 Å². The van der Waals surface area contributed by atoms with Crippen molar-refractivity contribution in [2.75, 3.05) is 19.6 Å². The fourth-order valence-electron chi connectivity index (χ4n) is 1.56. The molecular formula is C13H21N5O4S. The van der Waals surface area contributed by atoms with Gasteiger partial charge in [-0.05, 0) is 12.0 Å². The van der Waals surface area contributed by atoms with Gasteiger partial charge in [0.2, 0.25) is 10.0 Å². The predicted molar refractivity (Wildman–Crippen MR) is 87.6 cm³/mol. The molecule has 1 aromatic rings. The van der Waals surface area contributed by atoms with Crippen LogP contribution in [-0.2, 0) is 10.0 Å². The van der Waals surface area contributed by atoms with Crippen LogP contribution in [0.3, 0.4) is 0 Å². The lowest BCUT2D eigenvalue weighted by atomic mass is 10.2. The van der Waals surface area contributed by atoms with Crippen LogP contribution in [0.2, 0.25) is 0 Å². The molecule has 1 rings (SSSR count). The highest BCUT2D eigenvalue weighted by molar-refractivity contribution is 7.89. The average Bonchev–Trinajstić information content (AvgIpc) is 2.49. The molecule has 0 saturated heterocycles. The van der Waals surface area contributed by atoms with Gasteiger partial charge < -0.3 is 11.1 Å². The number of nitro benzene ring substituents is 1. The first-order valence-electron chi connectivity index (χ1n) is 7.00. The van der Waals surface area contributed by atoms with E-state index in [9.17, 15) is 18.5 Å². The molecule has 0 atom stereocenters. The minimum absolute atomic E-state index is 0.0723. The first-order chi connectivity index (χ1) is 10.7. The lowest BCUT2D eigenvalue weighted by molar-refractivity contribution is -0.385. The lowest BCUT2D eigenvalue weighted by Crippen LogP contribution is -2.38. The summed E-state index contributed by atoms with van der Waals surface area (Å²) in [7, 11) is -3.82. The van der Waals surface area contributed by atoms with Crippen LogP contribution in [0.15, 0.2) is 34.2 Å². The van der Waals surface area contributed by atoms with Gasteiger partial charge in [-0.15, -0.1) is 0 Å². The molecule has 128 valence electrons. The molecule has 4 N–H and O–H groups in total. The third-order valence-corrected chi connectivity index (χ3v) is 4.15. The number of nitrogens with one attached hydrogen (secondary N) is 2. The molecular weight excluding hydrogens is 322 g/mol. The number of nitrogens with two attached hydrogens (primary N) is 1. The van der Waals surface area contributed by atoms with Gasteiger partial charge in [0.1, 0.15) is 0 Å². The van der Waals surface area contributed by atoms with E-state index in [-0.39, 0.29) is 29.6 Å². The number of nitro groups is 1. The van der Waals surface area contributed by atoms with Gasteiger partial charge in [0.25, 0.3) is 5.69 Å². The normalized spacial score (nSPS) is 12.4. The molecule has 0 radical (unpaired) electrons. The molecule has 0 aliphatic rings. The van der Waals surface area contributed by atoms with Gasteiger partial charge in [-0.25, -0.2) is 13.1 Å². The standard InChI is InChI=1S/C13H21N5O4S/c1-10(2)9-16-13(14)15-6-7-17-23(21,22)12-5-3-4-11(8-12)18(19)20/h3-5,8,10,17H,6-7,9H2,1-2H3,(H3,14,15,16). The summed E-state index contributed by atoms with van der Waals surface area (Å²) in [6.07, 6.45) is 0. The van der Waals surface area contributed by atoms with Gasteiger partial charge in [0, 0.05) is 31.8 Å². The maximum absolute atomic E-state index is 12.0. The molecule has 1 aromatic carbocycles. The fraction of sp³-hybridized carbons (Fsp3) is 0.462. The van der Waals surface area contributed by atoms with Gasteiger partial charge in [-0.2, -0.15) is 0 Å².